The van der Waals surface area contributed by atoms with E-state index in [4.69, 9.17) is 9.47 Å². The fourth-order valence-electron chi connectivity index (χ4n) is 2.12. The van der Waals surface area contributed by atoms with Crippen LogP contribution in [-0.4, -0.2) is 63.4 Å². The van der Waals surface area contributed by atoms with E-state index in [1.54, 1.807) is 14.2 Å². The summed E-state index contributed by atoms with van der Waals surface area (Å²) >= 11 is 0. The quantitative estimate of drug-likeness (QED) is 0.727. The van der Waals surface area contributed by atoms with E-state index in [0.29, 0.717) is 19.3 Å². The third-order valence-corrected chi connectivity index (χ3v) is 3.06. The number of methoxy groups -OCH3 is 2. The molecule has 5 heteroatoms. The zero-order valence-corrected chi connectivity index (χ0v) is 11.1. The van der Waals surface area contributed by atoms with Gasteiger partial charge in [0.2, 0.25) is 5.91 Å². The monoisotopic (exact) mass is 244 g/mol. The molecule has 1 saturated heterocycles. The molecule has 0 saturated carbocycles. The van der Waals surface area contributed by atoms with Crippen molar-refractivity contribution in [3.05, 3.63) is 0 Å². The van der Waals surface area contributed by atoms with E-state index in [-0.39, 0.29) is 11.9 Å². The van der Waals surface area contributed by atoms with Gasteiger partial charge in [0.1, 0.15) is 0 Å². The molecule has 1 N–H and O–H groups in total. The summed E-state index contributed by atoms with van der Waals surface area (Å²) in [5.74, 6) is 0.0745. The van der Waals surface area contributed by atoms with E-state index in [9.17, 15) is 4.79 Å². The minimum absolute atomic E-state index is 0.0732. The van der Waals surface area contributed by atoms with Crippen molar-refractivity contribution in [2.45, 2.75) is 31.9 Å². The zero-order chi connectivity index (χ0) is 12.7. The predicted molar refractivity (Wildman–Crippen MR) is 66.0 cm³/mol. The van der Waals surface area contributed by atoms with Gasteiger partial charge in [0.05, 0.1) is 19.3 Å². The molecule has 1 aliphatic heterocycles. The Morgan fingerprint density at radius 2 is 2.06 bits per heavy atom. The minimum Gasteiger partial charge on any atom is -0.383 e. The molecule has 1 heterocycles. The maximum Gasteiger partial charge on any atom is 0.234 e. The predicted octanol–water partition coefficient (Wildman–Crippen LogP) is 0.248. The molecule has 0 bridgehead atoms. The first-order chi connectivity index (χ1) is 8.15. The van der Waals surface area contributed by atoms with Crippen molar-refractivity contribution in [1.29, 1.82) is 0 Å². The highest BCUT2D eigenvalue weighted by Gasteiger charge is 2.20. The van der Waals surface area contributed by atoms with Crippen molar-refractivity contribution >= 4 is 5.91 Å². The first kappa shape index (κ1) is 14.4. The second-order valence-electron chi connectivity index (χ2n) is 4.64. The van der Waals surface area contributed by atoms with Crippen LogP contribution >= 0.6 is 0 Å². The number of hydrogen-bond donors (Lipinski definition) is 1. The number of rotatable bonds is 6. The molecule has 17 heavy (non-hydrogen) atoms. The van der Waals surface area contributed by atoms with Gasteiger partial charge in [-0.2, -0.15) is 0 Å². The largest absolute Gasteiger partial charge is 0.383 e. The lowest BCUT2D eigenvalue weighted by Crippen LogP contribution is -2.45. The maximum absolute atomic E-state index is 11.7. The van der Waals surface area contributed by atoms with Crippen LogP contribution in [0, 0.1) is 0 Å². The lowest BCUT2D eigenvalue weighted by molar-refractivity contribution is -0.123. The molecule has 0 aromatic rings. The van der Waals surface area contributed by atoms with E-state index in [1.165, 1.54) is 0 Å². The van der Waals surface area contributed by atoms with Crippen molar-refractivity contribution in [3.8, 4) is 0 Å². The zero-order valence-electron chi connectivity index (χ0n) is 11.1. The normalized spacial score (nSPS) is 20.2. The Morgan fingerprint density at radius 3 is 2.59 bits per heavy atom. The minimum atomic E-state index is 0.0732. The molecule has 100 valence electrons. The number of ether oxygens (including phenoxy) is 2. The van der Waals surface area contributed by atoms with Crippen LogP contribution < -0.4 is 5.32 Å². The topological polar surface area (TPSA) is 50.8 Å². The molecular weight excluding hydrogens is 220 g/mol. The number of amides is 1. The summed E-state index contributed by atoms with van der Waals surface area (Å²) in [6.07, 6.45) is 2.39. The van der Waals surface area contributed by atoms with Gasteiger partial charge in [0.25, 0.3) is 0 Å². The maximum atomic E-state index is 11.7. The smallest absolute Gasteiger partial charge is 0.234 e. The molecule has 0 radical (unpaired) electrons. The van der Waals surface area contributed by atoms with E-state index >= 15 is 0 Å². The van der Waals surface area contributed by atoms with Crippen LogP contribution in [-0.2, 0) is 14.3 Å². The number of carbonyl (C=O) groups is 1. The fourth-order valence-corrected chi connectivity index (χ4v) is 2.12. The number of nitrogens with zero attached hydrogens (tertiary/aromatic N) is 1. The van der Waals surface area contributed by atoms with Gasteiger partial charge in [0.15, 0.2) is 0 Å². The van der Waals surface area contributed by atoms with Crippen molar-refractivity contribution in [2.24, 2.45) is 0 Å². The second kappa shape index (κ2) is 7.63. The summed E-state index contributed by atoms with van der Waals surface area (Å²) in [5, 5.41) is 2.92. The number of carbonyl (C=O) groups excluding carboxylic acids is 1. The molecule has 0 aromatic heterocycles. The van der Waals surface area contributed by atoms with Gasteiger partial charge in [-0.1, -0.05) is 0 Å². The third-order valence-electron chi connectivity index (χ3n) is 3.06. The van der Waals surface area contributed by atoms with Crippen molar-refractivity contribution in [2.75, 3.05) is 40.5 Å². The molecule has 1 amide bonds. The van der Waals surface area contributed by atoms with Crippen molar-refractivity contribution in [3.63, 3.8) is 0 Å². The molecule has 0 spiro atoms. The Hall–Kier alpha value is -0.650. The molecule has 0 aliphatic carbocycles. The Bertz CT molecular complexity index is 228. The molecule has 1 fully saturated rings. The number of nitrogens with one attached hydrogen (secondary N) is 1. The van der Waals surface area contributed by atoms with Gasteiger partial charge in [-0.15, -0.1) is 0 Å². The van der Waals surface area contributed by atoms with Crippen LogP contribution in [0.1, 0.15) is 19.8 Å². The number of hydrogen-bond acceptors (Lipinski definition) is 4. The molecule has 1 rings (SSSR count). The van der Waals surface area contributed by atoms with Crippen molar-refractivity contribution < 1.29 is 14.3 Å². The summed E-state index contributed by atoms with van der Waals surface area (Å²) in [6.45, 7) is 4.84. The lowest BCUT2D eigenvalue weighted by atomic mass is 10.1. The Labute approximate surface area is 103 Å². The summed E-state index contributed by atoms with van der Waals surface area (Å²) < 4.78 is 10.3. The number of likely N-dealkylation sites (tertiary alicyclic amines) is 1. The Morgan fingerprint density at radius 1 is 1.41 bits per heavy atom. The van der Waals surface area contributed by atoms with Crippen molar-refractivity contribution in [1.82, 2.24) is 10.2 Å². The molecular formula is C12H24N2O3. The standard InChI is InChI=1S/C12H24N2O3/c1-10(9-16-2)13-12(15)8-14-6-4-11(17-3)5-7-14/h10-11H,4-9H2,1-3H3,(H,13,15). The second-order valence-corrected chi connectivity index (χ2v) is 4.64. The van der Waals surface area contributed by atoms with Crippen LogP contribution in [0.2, 0.25) is 0 Å². The van der Waals surface area contributed by atoms with Gasteiger partial charge in [-0.3, -0.25) is 9.69 Å². The van der Waals surface area contributed by atoms with Crippen LogP contribution in [0.5, 0.6) is 0 Å². The van der Waals surface area contributed by atoms with E-state index < -0.39 is 0 Å². The first-order valence-corrected chi connectivity index (χ1v) is 6.19. The van der Waals surface area contributed by atoms with Crippen LogP contribution in [0.3, 0.4) is 0 Å². The summed E-state index contributed by atoms with van der Waals surface area (Å²) in [4.78, 5) is 13.9. The van der Waals surface area contributed by atoms with Crippen LogP contribution in [0.4, 0.5) is 0 Å². The number of piperidine rings is 1. The Balaban J connectivity index is 2.19. The molecule has 1 unspecified atom stereocenters. The Kier molecular flexibility index (Phi) is 6.47. The van der Waals surface area contributed by atoms with Crippen LogP contribution in [0.25, 0.3) is 0 Å². The molecule has 1 aliphatic rings. The average Bonchev–Trinajstić information content (AvgIpc) is 2.30. The average molecular weight is 244 g/mol. The van der Waals surface area contributed by atoms with E-state index in [1.807, 2.05) is 6.92 Å². The van der Waals surface area contributed by atoms with Gasteiger partial charge in [-0.25, -0.2) is 0 Å². The van der Waals surface area contributed by atoms with Crippen LogP contribution in [0.15, 0.2) is 0 Å². The van der Waals surface area contributed by atoms with E-state index in [2.05, 4.69) is 10.2 Å². The van der Waals surface area contributed by atoms with E-state index in [0.717, 1.165) is 25.9 Å². The fraction of sp³-hybridized carbons (Fsp3) is 0.917. The first-order valence-electron chi connectivity index (χ1n) is 6.19. The van der Waals surface area contributed by atoms with Gasteiger partial charge < -0.3 is 14.8 Å². The van der Waals surface area contributed by atoms with Gasteiger partial charge in [0, 0.05) is 33.4 Å². The molecule has 5 nitrogen and oxygen atoms in total. The third kappa shape index (κ3) is 5.48. The molecule has 0 aromatic carbocycles. The highest BCUT2D eigenvalue weighted by atomic mass is 16.5. The summed E-state index contributed by atoms with van der Waals surface area (Å²) in [5.41, 5.74) is 0. The lowest BCUT2D eigenvalue weighted by Gasteiger charge is -2.30. The summed E-state index contributed by atoms with van der Waals surface area (Å²) in [7, 11) is 3.39. The SMILES string of the molecule is COCC(C)NC(=O)CN1CCC(OC)CC1. The highest BCUT2D eigenvalue weighted by molar-refractivity contribution is 5.78. The highest BCUT2D eigenvalue weighted by Crippen LogP contribution is 2.12. The van der Waals surface area contributed by atoms with Gasteiger partial charge in [-0.05, 0) is 19.8 Å². The molecule has 1 atom stereocenters. The van der Waals surface area contributed by atoms with Gasteiger partial charge >= 0.3 is 0 Å². The summed E-state index contributed by atoms with van der Waals surface area (Å²) in [6, 6.07) is 0.0732.